The molecule has 0 radical (unpaired) electrons. The molecule has 1 saturated carbocycles. The van der Waals surface area contributed by atoms with E-state index in [9.17, 15) is 0 Å². The normalized spacial score (nSPS) is 29.5. The molecule has 0 amide bonds. The van der Waals surface area contributed by atoms with E-state index in [-0.39, 0.29) is 0 Å². The molecule has 1 aliphatic carbocycles. The summed E-state index contributed by atoms with van der Waals surface area (Å²) in [5, 5.41) is 3.60. The Balaban J connectivity index is 1.65. The third kappa shape index (κ3) is 2.47. The molecule has 0 spiro atoms. The summed E-state index contributed by atoms with van der Waals surface area (Å²) in [6, 6.07) is 6.21. The number of nitrogens with zero attached hydrogens (tertiary/aromatic N) is 2. The van der Waals surface area contributed by atoms with Crippen LogP contribution in [0.4, 0.5) is 5.69 Å². The Hall–Kier alpha value is -0.610. The van der Waals surface area contributed by atoms with Crippen molar-refractivity contribution >= 4 is 21.6 Å². The van der Waals surface area contributed by atoms with Gasteiger partial charge in [0.15, 0.2) is 0 Å². The molecule has 2 aliphatic rings. The number of halogens is 1. The fourth-order valence-corrected chi connectivity index (χ4v) is 3.15. The number of nitrogens with one attached hydrogen (secondary N) is 1. The van der Waals surface area contributed by atoms with Gasteiger partial charge in [-0.05, 0) is 54.2 Å². The van der Waals surface area contributed by atoms with E-state index < -0.39 is 0 Å². The van der Waals surface area contributed by atoms with Crippen LogP contribution in [0.1, 0.15) is 26.2 Å². The van der Waals surface area contributed by atoms with Crippen molar-refractivity contribution in [3.05, 3.63) is 22.9 Å². The third-order valence-corrected chi connectivity index (χ3v) is 4.39. The molecule has 0 bridgehead atoms. The van der Waals surface area contributed by atoms with Crippen LogP contribution in [0.15, 0.2) is 22.9 Å². The number of rotatable bonds is 3. The fraction of sp³-hybridized carbons (Fsp3) is 0.615. The molecule has 0 aromatic carbocycles. The van der Waals surface area contributed by atoms with Gasteiger partial charge >= 0.3 is 0 Å². The first kappa shape index (κ1) is 11.5. The van der Waals surface area contributed by atoms with Crippen LogP contribution in [0, 0.1) is 0 Å². The summed E-state index contributed by atoms with van der Waals surface area (Å²) in [5.41, 5.74) is 1.11. The maximum absolute atomic E-state index is 4.25. The van der Waals surface area contributed by atoms with Gasteiger partial charge in [-0.25, -0.2) is 4.98 Å². The van der Waals surface area contributed by atoms with Gasteiger partial charge in [0.2, 0.25) is 0 Å². The number of aromatic nitrogens is 1. The second kappa shape index (κ2) is 4.58. The standard InChI is InChI=1S/C13H18BrN3/c1-9-7-10(8-17(9)11-4-5-11)16-12-3-2-6-15-13(12)14/h2-3,6,9-11,16H,4-5,7-8H2,1H3. The van der Waals surface area contributed by atoms with Crippen molar-refractivity contribution in [3.63, 3.8) is 0 Å². The highest BCUT2D eigenvalue weighted by Gasteiger charge is 2.38. The Bertz CT molecular complexity index is 405. The summed E-state index contributed by atoms with van der Waals surface area (Å²) in [6.45, 7) is 3.52. The van der Waals surface area contributed by atoms with Crippen LogP contribution < -0.4 is 5.32 Å². The number of anilines is 1. The van der Waals surface area contributed by atoms with E-state index >= 15 is 0 Å². The Morgan fingerprint density at radius 3 is 3.00 bits per heavy atom. The maximum Gasteiger partial charge on any atom is 0.129 e. The topological polar surface area (TPSA) is 28.2 Å². The first-order chi connectivity index (χ1) is 8.24. The first-order valence-electron chi connectivity index (χ1n) is 6.37. The van der Waals surface area contributed by atoms with E-state index in [1.54, 1.807) is 0 Å². The van der Waals surface area contributed by atoms with Crippen LogP contribution in [0.2, 0.25) is 0 Å². The second-order valence-electron chi connectivity index (χ2n) is 5.20. The van der Waals surface area contributed by atoms with Crippen LogP contribution in [0.5, 0.6) is 0 Å². The molecule has 1 aliphatic heterocycles. The monoisotopic (exact) mass is 295 g/mol. The Labute approximate surface area is 111 Å². The summed E-state index contributed by atoms with van der Waals surface area (Å²) < 4.78 is 0.914. The molecule has 3 rings (SSSR count). The fourth-order valence-electron chi connectivity index (χ4n) is 2.79. The summed E-state index contributed by atoms with van der Waals surface area (Å²) in [6.07, 6.45) is 5.84. The van der Waals surface area contributed by atoms with Crippen molar-refractivity contribution in [2.45, 2.75) is 44.3 Å². The minimum absolute atomic E-state index is 0.561. The van der Waals surface area contributed by atoms with Gasteiger partial charge in [-0.2, -0.15) is 0 Å². The van der Waals surface area contributed by atoms with E-state index in [1.165, 1.54) is 25.8 Å². The van der Waals surface area contributed by atoms with Crippen molar-refractivity contribution in [2.24, 2.45) is 0 Å². The molecule has 92 valence electrons. The molecule has 1 N–H and O–H groups in total. The summed E-state index contributed by atoms with van der Waals surface area (Å²) in [5.74, 6) is 0. The smallest absolute Gasteiger partial charge is 0.129 e. The van der Waals surface area contributed by atoms with Gasteiger partial charge in [-0.3, -0.25) is 4.90 Å². The predicted octanol–water partition coefficient (Wildman–Crippen LogP) is 2.88. The molecular formula is C13H18BrN3. The minimum atomic E-state index is 0.561. The Kier molecular flexibility index (Phi) is 3.09. The van der Waals surface area contributed by atoms with Gasteiger partial charge < -0.3 is 5.32 Å². The summed E-state index contributed by atoms with van der Waals surface area (Å²) in [7, 11) is 0. The van der Waals surface area contributed by atoms with E-state index in [1.807, 2.05) is 12.3 Å². The van der Waals surface area contributed by atoms with E-state index in [4.69, 9.17) is 0 Å². The molecule has 2 fully saturated rings. The molecular weight excluding hydrogens is 278 g/mol. The van der Waals surface area contributed by atoms with Crippen molar-refractivity contribution in [1.29, 1.82) is 0 Å². The molecule has 17 heavy (non-hydrogen) atoms. The lowest BCUT2D eigenvalue weighted by molar-refractivity contribution is 0.257. The van der Waals surface area contributed by atoms with Gasteiger partial charge in [0.1, 0.15) is 4.60 Å². The Morgan fingerprint density at radius 1 is 1.47 bits per heavy atom. The predicted molar refractivity (Wildman–Crippen MR) is 73.2 cm³/mol. The van der Waals surface area contributed by atoms with Crippen LogP contribution in [-0.2, 0) is 0 Å². The summed E-state index contributed by atoms with van der Waals surface area (Å²) >= 11 is 3.49. The molecule has 2 unspecified atom stereocenters. The average molecular weight is 296 g/mol. The van der Waals surface area contributed by atoms with Gasteiger partial charge in [0.05, 0.1) is 5.69 Å². The number of likely N-dealkylation sites (tertiary alicyclic amines) is 1. The lowest BCUT2D eigenvalue weighted by atomic mass is 10.2. The molecule has 4 heteroatoms. The number of pyridine rings is 1. The molecule has 3 nitrogen and oxygen atoms in total. The third-order valence-electron chi connectivity index (χ3n) is 3.76. The second-order valence-corrected chi connectivity index (χ2v) is 5.95. The maximum atomic E-state index is 4.25. The number of hydrogen-bond acceptors (Lipinski definition) is 3. The van der Waals surface area contributed by atoms with Crippen molar-refractivity contribution in [1.82, 2.24) is 9.88 Å². The van der Waals surface area contributed by atoms with Crippen LogP contribution in [0.25, 0.3) is 0 Å². The zero-order valence-electron chi connectivity index (χ0n) is 10.1. The SMILES string of the molecule is CC1CC(Nc2cccnc2Br)CN1C1CC1. The van der Waals surface area contributed by atoms with Gasteiger partial charge in [0, 0.05) is 30.9 Å². The van der Waals surface area contributed by atoms with E-state index in [0.717, 1.165) is 22.4 Å². The van der Waals surface area contributed by atoms with Crippen LogP contribution in [0.3, 0.4) is 0 Å². The first-order valence-corrected chi connectivity index (χ1v) is 7.16. The average Bonchev–Trinajstić information content (AvgIpc) is 3.07. The molecule has 1 saturated heterocycles. The Morgan fingerprint density at radius 2 is 2.29 bits per heavy atom. The lowest BCUT2D eigenvalue weighted by Crippen LogP contribution is -2.31. The highest BCUT2D eigenvalue weighted by atomic mass is 79.9. The molecule has 1 aromatic rings. The van der Waals surface area contributed by atoms with E-state index in [0.29, 0.717) is 6.04 Å². The van der Waals surface area contributed by atoms with Gasteiger partial charge in [0.25, 0.3) is 0 Å². The summed E-state index contributed by atoms with van der Waals surface area (Å²) in [4.78, 5) is 6.90. The van der Waals surface area contributed by atoms with Gasteiger partial charge in [-0.1, -0.05) is 0 Å². The molecule has 1 aromatic heterocycles. The molecule has 2 atom stereocenters. The van der Waals surface area contributed by atoms with Crippen LogP contribution >= 0.6 is 15.9 Å². The lowest BCUT2D eigenvalue weighted by Gasteiger charge is -2.20. The zero-order valence-corrected chi connectivity index (χ0v) is 11.7. The van der Waals surface area contributed by atoms with E-state index in [2.05, 4.69) is 44.1 Å². The van der Waals surface area contributed by atoms with Gasteiger partial charge in [-0.15, -0.1) is 0 Å². The van der Waals surface area contributed by atoms with Crippen molar-refractivity contribution < 1.29 is 0 Å². The minimum Gasteiger partial charge on any atom is -0.379 e. The highest BCUT2D eigenvalue weighted by Crippen LogP contribution is 2.34. The highest BCUT2D eigenvalue weighted by molar-refractivity contribution is 9.10. The zero-order chi connectivity index (χ0) is 11.8. The number of hydrogen-bond donors (Lipinski definition) is 1. The van der Waals surface area contributed by atoms with Crippen molar-refractivity contribution in [2.75, 3.05) is 11.9 Å². The van der Waals surface area contributed by atoms with Crippen LogP contribution in [-0.4, -0.2) is 34.6 Å². The van der Waals surface area contributed by atoms with Crippen molar-refractivity contribution in [3.8, 4) is 0 Å². The molecule has 2 heterocycles. The quantitative estimate of drug-likeness (QED) is 0.869. The largest absolute Gasteiger partial charge is 0.379 e.